The van der Waals surface area contributed by atoms with Gasteiger partial charge in [0.15, 0.2) is 5.82 Å². The van der Waals surface area contributed by atoms with Gasteiger partial charge >= 0.3 is 0 Å². The van der Waals surface area contributed by atoms with Crippen molar-refractivity contribution >= 4 is 27.4 Å². The smallest absolute Gasteiger partial charge is 0.181 e. The van der Waals surface area contributed by atoms with Crippen molar-refractivity contribution in [1.29, 1.82) is 0 Å². The number of nitrogens with one attached hydrogen (secondary N) is 1. The third-order valence-corrected chi connectivity index (χ3v) is 4.16. The molecule has 4 nitrogen and oxygen atoms in total. The van der Waals surface area contributed by atoms with E-state index >= 15 is 0 Å². The first kappa shape index (κ1) is 12.9. The first-order valence-corrected chi connectivity index (χ1v) is 7.13. The molecule has 20 heavy (non-hydrogen) atoms. The zero-order valence-electron chi connectivity index (χ0n) is 11.1. The van der Waals surface area contributed by atoms with Gasteiger partial charge in [-0.1, -0.05) is 6.92 Å². The number of halogens is 1. The van der Waals surface area contributed by atoms with Crippen molar-refractivity contribution in [3.63, 3.8) is 0 Å². The molecule has 0 aliphatic rings. The average molecular weight is 288 g/mol. The number of thiophene rings is 1. The van der Waals surface area contributed by atoms with Crippen molar-refractivity contribution in [3.05, 3.63) is 35.1 Å². The zero-order valence-corrected chi connectivity index (χ0v) is 12.0. The van der Waals surface area contributed by atoms with Crippen LogP contribution < -0.4 is 5.32 Å². The van der Waals surface area contributed by atoms with E-state index < -0.39 is 0 Å². The highest BCUT2D eigenvalue weighted by Crippen LogP contribution is 2.30. The van der Waals surface area contributed by atoms with Crippen LogP contribution in [0.5, 0.6) is 0 Å². The van der Waals surface area contributed by atoms with Gasteiger partial charge in [-0.25, -0.2) is 19.3 Å². The van der Waals surface area contributed by atoms with E-state index in [9.17, 15) is 4.39 Å². The SMILES string of the molecule is CCc1cc2c(NC)nc(-c3ccc(F)cn3)nc2s1. The maximum absolute atomic E-state index is 12.9. The fourth-order valence-corrected chi connectivity index (χ4v) is 2.93. The minimum absolute atomic E-state index is 0.368. The lowest BCUT2D eigenvalue weighted by molar-refractivity contribution is 0.621. The van der Waals surface area contributed by atoms with Crippen molar-refractivity contribution in [3.8, 4) is 11.5 Å². The van der Waals surface area contributed by atoms with Crippen molar-refractivity contribution in [2.45, 2.75) is 13.3 Å². The Morgan fingerprint density at radius 2 is 2.15 bits per heavy atom. The van der Waals surface area contributed by atoms with Gasteiger partial charge in [0.25, 0.3) is 0 Å². The molecule has 0 fully saturated rings. The summed E-state index contributed by atoms with van der Waals surface area (Å²) < 4.78 is 12.9. The van der Waals surface area contributed by atoms with E-state index in [0.29, 0.717) is 11.5 Å². The summed E-state index contributed by atoms with van der Waals surface area (Å²) in [5.74, 6) is 0.909. The Hall–Kier alpha value is -2.08. The summed E-state index contributed by atoms with van der Waals surface area (Å²) in [6.07, 6.45) is 2.14. The maximum atomic E-state index is 12.9. The van der Waals surface area contributed by atoms with Gasteiger partial charge in [0.2, 0.25) is 0 Å². The Bertz CT molecular complexity index is 752. The lowest BCUT2D eigenvalue weighted by Crippen LogP contribution is -1.98. The monoisotopic (exact) mass is 288 g/mol. The highest BCUT2D eigenvalue weighted by atomic mass is 32.1. The normalized spacial score (nSPS) is 10.9. The number of pyridine rings is 1. The van der Waals surface area contributed by atoms with E-state index in [-0.39, 0.29) is 5.82 Å². The molecule has 0 saturated carbocycles. The average Bonchev–Trinajstić information content (AvgIpc) is 2.90. The fraction of sp³-hybridized carbons (Fsp3) is 0.214. The molecule has 0 spiro atoms. The largest absolute Gasteiger partial charge is 0.372 e. The highest BCUT2D eigenvalue weighted by molar-refractivity contribution is 7.18. The van der Waals surface area contributed by atoms with Crippen LogP contribution in [-0.4, -0.2) is 22.0 Å². The molecule has 0 radical (unpaired) electrons. The van der Waals surface area contributed by atoms with Crippen LogP contribution in [0.3, 0.4) is 0 Å². The Morgan fingerprint density at radius 3 is 2.80 bits per heavy atom. The molecular formula is C14H13FN4S. The van der Waals surface area contributed by atoms with E-state index in [1.165, 1.54) is 17.1 Å². The zero-order chi connectivity index (χ0) is 14.1. The number of aromatic nitrogens is 3. The molecule has 102 valence electrons. The van der Waals surface area contributed by atoms with Gasteiger partial charge in [-0.2, -0.15) is 0 Å². The van der Waals surface area contributed by atoms with Crippen LogP contribution in [0, 0.1) is 5.82 Å². The first-order valence-electron chi connectivity index (χ1n) is 6.31. The van der Waals surface area contributed by atoms with Crippen molar-refractivity contribution in [2.24, 2.45) is 0 Å². The molecule has 6 heteroatoms. The quantitative estimate of drug-likeness (QED) is 0.801. The summed E-state index contributed by atoms with van der Waals surface area (Å²) in [5, 5.41) is 4.10. The second-order valence-electron chi connectivity index (χ2n) is 4.29. The van der Waals surface area contributed by atoms with Crippen LogP contribution in [0.2, 0.25) is 0 Å². The Kier molecular flexibility index (Phi) is 3.31. The Morgan fingerprint density at radius 1 is 1.30 bits per heavy atom. The number of fused-ring (bicyclic) bond motifs is 1. The van der Waals surface area contributed by atoms with Gasteiger partial charge in [-0.3, -0.25) is 0 Å². The molecule has 0 bridgehead atoms. The highest BCUT2D eigenvalue weighted by Gasteiger charge is 2.12. The molecule has 3 aromatic heterocycles. The maximum Gasteiger partial charge on any atom is 0.181 e. The van der Waals surface area contributed by atoms with Crippen LogP contribution in [0.4, 0.5) is 10.2 Å². The van der Waals surface area contributed by atoms with Gasteiger partial charge in [0.05, 0.1) is 11.6 Å². The first-order chi connectivity index (χ1) is 9.71. The molecular weight excluding hydrogens is 275 g/mol. The Balaban J connectivity index is 2.18. The minimum atomic E-state index is -0.368. The summed E-state index contributed by atoms with van der Waals surface area (Å²) in [7, 11) is 1.83. The standard InChI is InChI=1S/C14H13FN4S/c1-3-9-6-10-12(16-2)18-13(19-14(10)20-9)11-5-4-8(15)7-17-11/h4-7H,3H2,1-2H3,(H,16,18,19). The van der Waals surface area contributed by atoms with Crippen molar-refractivity contribution in [1.82, 2.24) is 15.0 Å². The predicted octanol–water partition coefficient (Wildman–Crippen LogP) is 3.50. The molecule has 3 rings (SSSR count). The van der Waals surface area contributed by atoms with Crippen LogP contribution >= 0.6 is 11.3 Å². The summed E-state index contributed by atoms with van der Waals surface area (Å²) in [4.78, 5) is 15.2. The number of anilines is 1. The van der Waals surface area contributed by atoms with Gasteiger partial charge < -0.3 is 5.32 Å². The lowest BCUT2D eigenvalue weighted by Gasteiger charge is -2.04. The number of aryl methyl sites for hydroxylation is 1. The minimum Gasteiger partial charge on any atom is -0.372 e. The van der Waals surface area contributed by atoms with E-state index in [0.717, 1.165) is 22.5 Å². The Labute approximate surface area is 119 Å². The second kappa shape index (κ2) is 5.13. The summed E-state index contributed by atoms with van der Waals surface area (Å²) in [5.41, 5.74) is 0.566. The van der Waals surface area contributed by atoms with Gasteiger partial charge in [-0.05, 0) is 24.6 Å². The third kappa shape index (κ3) is 2.22. The van der Waals surface area contributed by atoms with Gasteiger partial charge in [0.1, 0.15) is 22.2 Å². The fourth-order valence-electron chi connectivity index (χ4n) is 1.96. The van der Waals surface area contributed by atoms with Crippen molar-refractivity contribution in [2.75, 3.05) is 12.4 Å². The lowest BCUT2D eigenvalue weighted by atomic mass is 10.3. The van der Waals surface area contributed by atoms with E-state index in [2.05, 4.69) is 33.3 Å². The third-order valence-electron chi connectivity index (χ3n) is 2.99. The topological polar surface area (TPSA) is 50.7 Å². The molecule has 1 N–H and O–H groups in total. The number of rotatable bonds is 3. The number of hydrogen-bond acceptors (Lipinski definition) is 5. The van der Waals surface area contributed by atoms with Crippen LogP contribution in [0.25, 0.3) is 21.7 Å². The van der Waals surface area contributed by atoms with E-state index in [4.69, 9.17) is 0 Å². The molecule has 0 aliphatic heterocycles. The summed E-state index contributed by atoms with van der Waals surface area (Å²) in [6, 6.07) is 5.05. The number of hydrogen-bond donors (Lipinski definition) is 1. The summed E-state index contributed by atoms with van der Waals surface area (Å²) in [6.45, 7) is 2.11. The second-order valence-corrected chi connectivity index (χ2v) is 5.41. The predicted molar refractivity (Wildman–Crippen MR) is 79.5 cm³/mol. The molecule has 0 atom stereocenters. The van der Waals surface area contributed by atoms with Crippen LogP contribution in [-0.2, 0) is 6.42 Å². The van der Waals surface area contributed by atoms with Gasteiger partial charge in [0, 0.05) is 11.9 Å². The molecule has 0 saturated heterocycles. The molecule has 0 aromatic carbocycles. The molecule has 3 aromatic rings. The molecule has 3 heterocycles. The molecule has 0 amide bonds. The summed E-state index contributed by atoms with van der Waals surface area (Å²) >= 11 is 1.65. The molecule has 0 unspecified atom stereocenters. The van der Waals surface area contributed by atoms with Crippen LogP contribution in [0.15, 0.2) is 24.4 Å². The van der Waals surface area contributed by atoms with Crippen molar-refractivity contribution < 1.29 is 4.39 Å². The van der Waals surface area contributed by atoms with Crippen LogP contribution in [0.1, 0.15) is 11.8 Å². The molecule has 0 aliphatic carbocycles. The number of nitrogens with zero attached hydrogens (tertiary/aromatic N) is 3. The van der Waals surface area contributed by atoms with E-state index in [1.807, 2.05) is 7.05 Å². The van der Waals surface area contributed by atoms with E-state index in [1.54, 1.807) is 17.4 Å². The van der Waals surface area contributed by atoms with Gasteiger partial charge in [-0.15, -0.1) is 11.3 Å².